The Morgan fingerprint density at radius 2 is 1.78 bits per heavy atom. The second-order valence-electron chi connectivity index (χ2n) is 5.59. The van der Waals surface area contributed by atoms with E-state index in [1.54, 1.807) is 0 Å². The monoisotopic (exact) mass is 335 g/mol. The number of aryl methyl sites for hydroxylation is 1. The van der Waals surface area contributed by atoms with Gasteiger partial charge in [-0.1, -0.05) is 35.9 Å². The highest BCUT2D eigenvalue weighted by Crippen LogP contribution is 2.17. The highest BCUT2D eigenvalue weighted by atomic mass is 32.2. The third-order valence-electron chi connectivity index (χ3n) is 3.24. The molecule has 1 N–H and O–H groups in total. The summed E-state index contributed by atoms with van der Waals surface area (Å²) in [5, 5.41) is 2.61. The van der Waals surface area contributed by atoms with E-state index in [2.05, 4.69) is 5.32 Å². The average molecular weight is 335 g/mol. The van der Waals surface area contributed by atoms with Crippen molar-refractivity contribution in [2.24, 2.45) is 0 Å². The van der Waals surface area contributed by atoms with Crippen LogP contribution in [0.25, 0.3) is 0 Å². The van der Waals surface area contributed by atoms with Crippen molar-refractivity contribution in [1.29, 1.82) is 0 Å². The first kappa shape index (κ1) is 17.1. The van der Waals surface area contributed by atoms with E-state index >= 15 is 0 Å². The molecule has 0 fully saturated rings. The van der Waals surface area contributed by atoms with Crippen LogP contribution in [-0.2, 0) is 26.8 Å². The van der Waals surface area contributed by atoms with E-state index in [-0.39, 0.29) is 23.6 Å². The topological polar surface area (TPSA) is 63.2 Å². The van der Waals surface area contributed by atoms with Crippen LogP contribution in [0.1, 0.15) is 16.7 Å². The molecule has 0 saturated heterocycles. The van der Waals surface area contributed by atoms with E-state index in [0.717, 1.165) is 23.4 Å². The van der Waals surface area contributed by atoms with Crippen LogP contribution in [0.2, 0.25) is 0 Å². The minimum atomic E-state index is -3.31. The van der Waals surface area contributed by atoms with Crippen LogP contribution in [0, 0.1) is 12.7 Å². The Hall–Kier alpha value is -2.21. The predicted octanol–water partition coefficient (Wildman–Crippen LogP) is 2.86. The summed E-state index contributed by atoms with van der Waals surface area (Å²) in [4.78, 5) is 12.0. The summed E-state index contributed by atoms with van der Waals surface area (Å²) in [7, 11) is -3.31. The van der Waals surface area contributed by atoms with Gasteiger partial charge in [-0.25, -0.2) is 12.8 Å². The van der Waals surface area contributed by atoms with Crippen LogP contribution in [0.3, 0.4) is 0 Å². The van der Waals surface area contributed by atoms with Gasteiger partial charge in [-0.15, -0.1) is 0 Å². The number of rotatable bonds is 5. The SMILES string of the molecule is Cc1ccc(CC(=O)Nc2ccc(CS(C)(=O)=O)c(F)c2)cc1. The number of anilines is 1. The number of hydrogen-bond acceptors (Lipinski definition) is 3. The van der Waals surface area contributed by atoms with Crippen molar-refractivity contribution < 1.29 is 17.6 Å². The van der Waals surface area contributed by atoms with Gasteiger partial charge in [0.25, 0.3) is 0 Å². The minimum absolute atomic E-state index is 0.0871. The van der Waals surface area contributed by atoms with Gasteiger partial charge < -0.3 is 5.32 Å². The summed E-state index contributed by atoms with van der Waals surface area (Å²) in [6, 6.07) is 11.6. The average Bonchev–Trinajstić information content (AvgIpc) is 2.43. The number of amides is 1. The Labute approximate surface area is 135 Å². The van der Waals surface area contributed by atoms with Crippen LogP contribution in [0.15, 0.2) is 42.5 Å². The first-order chi connectivity index (χ1) is 10.7. The molecular formula is C17H18FNO3S. The van der Waals surface area contributed by atoms with Crippen LogP contribution < -0.4 is 5.32 Å². The molecule has 0 bridgehead atoms. The number of halogens is 1. The summed E-state index contributed by atoms with van der Waals surface area (Å²) < 4.78 is 36.3. The molecule has 1 amide bonds. The number of nitrogens with one attached hydrogen (secondary N) is 1. The maximum absolute atomic E-state index is 13.9. The first-order valence-electron chi connectivity index (χ1n) is 7.04. The standard InChI is InChI=1S/C17H18FNO3S/c1-12-3-5-13(6-4-12)9-17(20)19-15-8-7-14(16(18)10-15)11-23(2,21)22/h3-8,10H,9,11H2,1-2H3,(H,19,20). The molecule has 0 saturated carbocycles. The fourth-order valence-electron chi connectivity index (χ4n) is 2.12. The second kappa shape index (κ2) is 6.91. The summed E-state index contributed by atoms with van der Waals surface area (Å²) in [5.74, 6) is -1.27. The quantitative estimate of drug-likeness (QED) is 0.914. The Morgan fingerprint density at radius 3 is 2.35 bits per heavy atom. The zero-order valence-electron chi connectivity index (χ0n) is 13.0. The molecule has 0 atom stereocenters. The van der Waals surface area contributed by atoms with Gasteiger partial charge in [-0.2, -0.15) is 0 Å². The van der Waals surface area contributed by atoms with Crippen molar-refractivity contribution in [2.45, 2.75) is 19.1 Å². The van der Waals surface area contributed by atoms with E-state index < -0.39 is 15.7 Å². The fraction of sp³-hybridized carbons (Fsp3) is 0.235. The molecular weight excluding hydrogens is 317 g/mol. The third-order valence-corrected chi connectivity index (χ3v) is 4.08. The van der Waals surface area contributed by atoms with Crippen molar-refractivity contribution >= 4 is 21.4 Å². The van der Waals surface area contributed by atoms with Crippen molar-refractivity contribution in [2.75, 3.05) is 11.6 Å². The van der Waals surface area contributed by atoms with Crippen molar-refractivity contribution in [3.63, 3.8) is 0 Å². The van der Waals surface area contributed by atoms with Crippen LogP contribution in [0.5, 0.6) is 0 Å². The molecule has 23 heavy (non-hydrogen) atoms. The molecule has 0 unspecified atom stereocenters. The lowest BCUT2D eigenvalue weighted by molar-refractivity contribution is -0.115. The van der Waals surface area contributed by atoms with Crippen LogP contribution >= 0.6 is 0 Å². The van der Waals surface area contributed by atoms with Gasteiger partial charge in [0.2, 0.25) is 5.91 Å². The molecule has 0 aliphatic rings. The van der Waals surface area contributed by atoms with E-state index in [9.17, 15) is 17.6 Å². The minimum Gasteiger partial charge on any atom is -0.326 e. The molecule has 6 heteroatoms. The Bertz CT molecular complexity index is 814. The Balaban J connectivity index is 2.04. The number of carbonyl (C=O) groups excluding carboxylic acids is 1. The number of hydrogen-bond donors (Lipinski definition) is 1. The molecule has 0 spiro atoms. The zero-order valence-corrected chi connectivity index (χ0v) is 13.8. The molecule has 2 rings (SSSR count). The maximum atomic E-state index is 13.9. The summed E-state index contributed by atoms with van der Waals surface area (Å²) >= 11 is 0. The summed E-state index contributed by atoms with van der Waals surface area (Å²) in [6.07, 6.45) is 1.23. The van der Waals surface area contributed by atoms with Gasteiger partial charge in [0.15, 0.2) is 9.84 Å². The van der Waals surface area contributed by atoms with Gasteiger partial charge in [0.05, 0.1) is 12.2 Å². The molecule has 0 heterocycles. The lowest BCUT2D eigenvalue weighted by Crippen LogP contribution is -2.14. The van der Waals surface area contributed by atoms with Crippen molar-refractivity contribution in [3.05, 3.63) is 65.0 Å². The van der Waals surface area contributed by atoms with Gasteiger partial charge in [0, 0.05) is 17.5 Å². The molecule has 4 nitrogen and oxygen atoms in total. The van der Waals surface area contributed by atoms with Gasteiger partial charge in [0.1, 0.15) is 5.82 Å². The summed E-state index contributed by atoms with van der Waals surface area (Å²) in [5.41, 5.74) is 2.36. The van der Waals surface area contributed by atoms with Crippen molar-refractivity contribution in [3.8, 4) is 0 Å². The molecule has 122 valence electrons. The fourth-order valence-corrected chi connectivity index (χ4v) is 2.92. The smallest absolute Gasteiger partial charge is 0.228 e. The van der Waals surface area contributed by atoms with Gasteiger partial charge in [-0.3, -0.25) is 4.79 Å². The molecule has 0 aromatic heterocycles. The van der Waals surface area contributed by atoms with E-state index in [1.165, 1.54) is 12.1 Å². The normalized spacial score (nSPS) is 11.3. The second-order valence-corrected chi connectivity index (χ2v) is 7.73. The molecule has 2 aromatic carbocycles. The van der Waals surface area contributed by atoms with Crippen molar-refractivity contribution in [1.82, 2.24) is 0 Å². The lowest BCUT2D eigenvalue weighted by Gasteiger charge is -2.08. The van der Waals surface area contributed by atoms with E-state index in [0.29, 0.717) is 5.69 Å². The Morgan fingerprint density at radius 1 is 1.13 bits per heavy atom. The molecule has 0 aliphatic heterocycles. The largest absolute Gasteiger partial charge is 0.326 e. The third kappa shape index (κ3) is 5.49. The number of sulfone groups is 1. The highest BCUT2D eigenvalue weighted by molar-refractivity contribution is 7.89. The number of carbonyl (C=O) groups is 1. The predicted molar refractivity (Wildman–Crippen MR) is 88.5 cm³/mol. The van der Waals surface area contributed by atoms with E-state index in [1.807, 2.05) is 31.2 Å². The van der Waals surface area contributed by atoms with E-state index in [4.69, 9.17) is 0 Å². The zero-order chi connectivity index (χ0) is 17.0. The van der Waals surface area contributed by atoms with Gasteiger partial charge >= 0.3 is 0 Å². The van der Waals surface area contributed by atoms with Gasteiger partial charge in [-0.05, 0) is 24.6 Å². The Kier molecular flexibility index (Phi) is 5.15. The number of benzene rings is 2. The first-order valence-corrected chi connectivity index (χ1v) is 9.10. The summed E-state index contributed by atoms with van der Waals surface area (Å²) in [6.45, 7) is 1.96. The van der Waals surface area contributed by atoms with Crippen LogP contribution in [-0.4, -0.2) is 20.6 Å². The molecule has 0 radical (unpaired) electrons. The maximum Gasteiger partial charge on any atom is 0.228 e. The molecule has 0 aliphatic carbocycles. The highest BCUT2D eigenvalue weighted by Gasteiger charge is 2.11. The lowest BCUT2D eigenvalue weighted by atomic mass is 10.1. The van der Waals surface area contributed by atoms with Crippen LogP contribution in [0.4, 0.5) is 10.1 Å². The molecule has 2 aromatic rings.